The lowest BCUT2D eigenvalue weighted by Gasteiger charge is -2.04. The molecule has 1 aromatic heterocycles. The SMILES string of the molecule is CC(=O)c1ccc2c(c1)oc(=O)n2CC(=O)c1ccc(F)c(C)c1. The molecule has 0 amide bonds. The molecule has 0 aliphatic heterocycles. The molecule has 0 bridgehead atoms. The van der Waals surface area contributed by atoms with Gasteiger partial charge in [-0.1, -0.05) is 0 Å². The van der Waals surface area contributed by atoms with Crippen LogP contribution in [0.3, 0.4) is 0 Å². The number of ketones is 2. The van der Waals surface area contributed by atoms with Crippen molar-refractivity contribution in [2.75, 3.05) is 0 Å². The average molecular weight is 327 g/mol. The summed E-state index contributed by atoms with van der Waals surface area (Å²) in [5.74, 6) is -1.56. The van der Waals surface area contributed by atoms with Crippen molar-refractivity contribution in [1.82, 2.24) is 4.57 Å². The highest BCUT2D eigenvalue weighted by molar-refractivity contribution is 5.98. The van der Waals surface area contributed by atoms with Crippen LogP contribution >= 0.6 is 0 Å². The third kappa shape index (κ3) is 2.78. The van der Waals surface area contributed by atoms with Gasteiger partial charge in [-0.25, -0.2) is 9.18 Å². The van der Waals surface area contributed by atoms with E-state index in [2.05, 4.69) is 0 Å². The van der Waals surface area contributed by atoms with Crippen LogP contribution in [0.2, 0.25) is 0 Å². The molecule has 0 saturated carbocycles. The van der Waals surface area contributed by atoms with Gasteiger partial charge in [-0.05, 0) is 55.8 Å². The Morgan fingerprint density at radius 3 is 2.50 bits per heavy atom. The molecule has 0 atom stereocenters. The molecule has 2 aromatic carbocycles. The van der Waals surface area contributed by atoms with E-state index in [1.165, 1.54) is 35.8 Å². The molecule has 0 N–H and O–H groups in total. The molecule has 5 nitrogen and oxygen atoms in total. The Morgan fingerprint density at radius 1 is 1.12 bits per heavy atom. The van der Waals surface area contributed by atoms with Crippen LogP contribution in [0.5, 0.6) is 0 Å². The van der Waals surface area contributed by atoms with E-state index in [9.17, 15) is 18.8 Å². The number of halogens is 1. The molecule has 0 radical (unpaired) electrons. The zero-order chi connectivity index (χ0) is 17.4. The molecule has 0 aliphatic rings. The van der Waals surface area contributed by atoms with Gasteiger partial charge in [0.2, 0.25) is 0 Å². The molecule has 0 spiro atoms. The predicted molar refractivity (Wildman–Crippen MR) is 85.9 cm³/mol. The van der Waals surface area contributed by atoms with Crippen LogP contribution in [0.1, 0.15) is 33.2 Å². The number of hydrogen-bond acceptors (Lipinski definition) is 4. The summed E-state index contributed by atoms with van der Waals surface area (Å²) in [5.41, 5.74) is 1.77. The van der Waals surface area contributed by atoms with Crippen molar-refractivity contribution in [1.29, 1.82) is 0 Å². The second-order valence-electron chi connectivity index (χ2n) is 5.58. The van der Waals surface area contributed by atoms with Crippen LogP contribution in [-0.2, 0) is 6.54 Å². The van der Waals surface area contributed by atoms with Gasteiger partial charge >= 0.3 is 5.76 Å². The Morgan fingerprint density at radius 2 is 1.83 bits per heavy atom. The highest BCUT2D eigenvalue weighted by atomic mass is 19.1. The average Bonchev–Trinajstić information content (AvgIpc) is 2.85. The first-order valence-electron chi connectivity index (χ1n) is 7.30. The normalized spacial score (nSPS) is 11.0. The number of benzene rings is 2. The third-order valence-electron chi connectivity index (χ3n) is 3.86. The van der Waals surface area contributed by atoms with Crippen LogP contribution in [-0.4, -0.2) is 16.1 Å². The number of oxazole rings is 1. The Labute approximate surface area is 136 Å². The quantitative estimate of drug-likeness (QED) is 0.690. The van der Waals surface area contributed by atoms with Gasteiger partial charge in [0.1, 0.15) is 5.82 Å². The fourth-order valence-electron chi connectivity index (χ4n) is 2.49. The van der Waals surface area contributed by atoms with E-state index in [-0.39, 0.29) is 23.7 Å². The molecule has 24 heavy (non-hydrogen) atoms. The van der Waals surface area contributed by atoms with E-state index in [1.807, 2.05) is 0 Å². The van der Waals surface area contributed by atoms with Crippen molar-refractivity contribution in [3.05, 3.63) is 69.5 Å². The third-order valence-corrected chi connectivity index (χ3v) is 3.86. The summed E-state index contributed by atoms with van der Waals surface area (Å²) < 4.78 is 19.6. The Kier molecular flexibility index (Phi) is 3.89. The molecule has 3 rings (SSSR count). The number of rotatable bonds is 4. The Bertz CT molecular complexity index is 1030. The first kappa shape index (κ1) is 15.9. The van der Waals surface area contributed by atoms with E-state index in [0.717, 1.165) is 0 Å². The van der Waals surface area contributed by atoms with Crippen molar-refractivity contribution < 1.29 is 18.4 Å². The summed E-state index contributed by atoms with van der Waals surface area (Å²) in [6.07, 6.45) is 0. The summed E-state index contributed by atoms with van der Waals surface area (Å²) in [5, 5.41) is 0. The fraction of sp³-hybridized carbons (Fsp3) is 0.167. The van der Waals surface area contributed by atoms with Gasteiger partial charge in [0.05, 0.1) is 12.1 Å². The van der Waals surface area contributed by atoms with Crippen LogP contribution in [0.15, 0.2) is 45.6 Å². The minimum absolute atomic E-state index is 0.148. The van der Waals surface area contributed by atoms with Gasteiger partial charge in [-0.15, -0.1) is 0 Å². The van der Waals surface area contributed by atoms with Crippen molar-refractivity contribution in [3.8, 4) is 0 Å². The van der Waals surface area contributed by atoms with Crippen molar-refractivity contribution >= 4 is 22.7 Å². The zero-order valence-corrected chi connectivity index (χ0v) is 13.1. The van der Waals surface area contributed by atoms with Crippen molar-refractivity contribution in [2.45, 2.75) is 20.4 Å². The lowest BCUT2D eigenvalue weighted by Crippen LogP contribution is -2.20. The number of carbonyl (C=O) groups is 2. The highest BCUT2D eigenvalue weighted by Gasteiger charge is 2.16. The summed E-state index contributed by atoms with van der Waals surface area (Å²) in [6.45, 7) is 2.75. The minimum Gasteiger partial charge on any atom is -0.408 e. The molecule has 3 aromatic rings. The minimum atomic E-state index is -0.683. The second-order valence-corrected chi connectivity index (χ2v) is 5.58. The zero-order valence-electron chi connectivity index (χ0n) is 13.1. The van der Waals surface area contributed by atoms with Gasteiger partial charge in [0.25, 0.3) is 0 Å². The van der Waals surface area contributed by atoms with Gasteiger partial charge in [0.15, 0.2) is 17.1 Å². The number of hydrogen-bond donors (Lipinski definition) is 0. The first-order valence-corrected chi connectivity index (χ1v) is 7.30. The van der Waals surface area contributed by atoms with E-state index in [1.54, 1.807) is 19.1 Å². The van der Waals surface area contributed by atoms with Crippen LogP contribution in [0.25, 0.3) is 11.1 Å². The maximum Gasteiger partial charge on any atom is 0.420 e. The molecule has 1 heterocycles. The predicted octanol–water partition coefficient (Wildman–Crippen LogP) is 3.13. The largest absolute Gasteiger partial charge is 0.420 e. The Hall–Kier alpha value is -3.02. The van der Waals surface area contributed by atoms with Gasteiger partial charge in [0, 0.05) is 11.1 Å². The molecule has 0 unspecified atom stereocenters. The topological polar surface area (TPSA) is 69.3 Å². The number of Topliss-reactive ketones (excluding diaryl/α,β-unsaturated/α-hetero) is 2. The molecule has 0 aliphatic carbocycles. The van der Waals surface area contributed by atoms with E-state index in [4.69, 9.17) is 4.42 Å². The van der Waals surface area contributed by atoms with E-state index >= 15 is 0 Å². The van der Waals surface area contributed by atoms with Gasteiger partial charge in [-0.3, -0.25) is 14.2 Å². The molecule has 122 valence electrons. The summed E-state index contributed by atoms with van der Waals surface area (Å²) in [6, 6.07) is 8.66. The van der Waals surface area contributed by atoms with Crippen molar-refractivity contribution in [2.24, 2.45) is 0 Å². The molecular weight excluding hydrogens is 313 g/mol. The number of nitrogens with zero attached hydrogens (tertiary/aromatic N) is 1. The highest BCUT2D eigenvalue weighted by Crippen LogP contribution is 2.17. The lowest BCUT2D eigenvalue weighted by molar-refractivity contribution is 0.0969. The first-order chi connectivity index (χ1) is 11.4. The monoisotopic (exact) mass is 327 g/mol. The van der Waals surface area contributed by atoms with Crippen molar-refractivity contribution in [3.63, 3.8) is 0 Å². The fourth-order valence-corrected chi connectivity index (χ4v) is 2.49. The number of aromatic nitrogens is 1. The van der Waals surface area contributed by atoms with E-state index in [0.29, 0.717) is 22.2 Å². The van der Waals surface area contributed by atoms with Crippen LogP contribution in [0, 0.1) is 12.7 Å². The Balaban J connectivity index is 1.99. The maximum atomic E-state index is 13.3. The summed E-state index contributed by atoms with van der Waals surface area (Å²) in [4.78, 5) is 35.8. The smallest absolute Gasteiger partial charge is 0.408 e. The standard InChI is InChI=1S/C18H14FNO4/c1-10-7-13(3-5-14(10)19)16(22)9-20-15-6-4-12(11(2)21)8-17(15)24-18(20)23/h3-8H,9H2,1-2H3. The lowest BCUT2D eigenvalue weighted by atomic mass is 10.1. The maximum absolute atomic E-state index is 13.3. The van der Waals surface area contributed by atoms with Crippen LogP contribution in [0.4, 0.5) is 4.39 Å². The van der Waals surface area contributed by atoms with Gasteiger partial charge < -0.3 is 4.42 Å². The number of aryl methyl sites for hydroxylation is 1. The second kappa shape index (κ2) is 5.88. The summed E-state index contributed by atoms with van der Waals surface area (Å²) in [7, 11) is 0. The van der Waals surface area contributed by atoms with Gasteiger partial charge in [-0.2, -0.15) is 0 Å². The molecule has 6 heteroatoms. The van der Waals surface area contributed by atoms with Crippen LogP contribution < -0.4 is 5.76 Å². The van der Waals surface area contributed by atoms with E-state index < -0.39 is 11.6 Å². The molecular formula is C18H14FNO4. The molecule has 0 saturated heterocycles. The number of carbonyl (C=O) groups excluding carboxylic acids is 2. The summed E-state index contributed by atoms with van der Waals surface area (Å²) >= 11 is 0. The molecule has 0 fully saturated rings. The number of fused-ring (bicyclic) bond motifs is 1.